The quantitative estimate of drug-likeness (QED) is 0.108. The van der Waals surface area contributed by atoms with E-state index in [2.05, 4.69) is 79.9 Å². The van der Waals surface area contributed by atoms with Gasteiger partial charge in [0, 0.05) is 12.1 Å². The van der Waals surface area contributed by atoms with Crippen LogP contribution in [0.5, 0.6) is 0 Å². The number of methoxy groups -OCH3 is 2. The first-order valence-corrected chi connectivity index (χ1v) is 22.1. The number of alkyl carbamates (subject to hydrolysis) is 2. The molecule has 2 aromatic heterocycles. The molecule has 4 N–H and O–H groups in total. The Balaban J connectivity index is 0.955. The fourth-order valence-corrected chi connectivity index (χ4v) is 10.8. The number of carbonyl (C=O) groups is 4. The molecule has 3 unspecified atom stereocenters. The number of amides is 4. The van der Waals surface area contributed by atoms with Crippen molar-refractivity contribution in [3.05, 3.63) is 83.6 Å². The van der Waals surface area contributed by atoms with Gasteiger partial charge in [-0.2, -0.15) is 0 Å². The Kier molecular flexibility index (Phi) is 11.0. The summed E-state index contributed by atoms with van der Waals surface area (Å²) in [6, 6.07) is 18.6. The van der Waals surface area contributed by atoms with Crippen molar-refractivity contribution in [1.82, 2.24) is 40.4 Å². The van der Waals surface area contributed by atoms with Crippen molar-refractivity contribution in [1.29, 1.82) is 0 Å². The first kappa shape index (κ1) is 41.2. The number of carbonyl (C=O) groups excluding carboxylic acids is 4. The van der Waals surface area contributed by atoms with Crippen LogP contribution in [0.4, 0.5) is 9.59 Å². The van der Waals surface area contributed by atoms with Crippen molar-refractivity contribution in [2.24, 2.45) is 5.92 Å². The molecule has 4 aliphatic rings. The molecule has 0 spiro atoms. The normalized spacial score (nSPS) is 23.2. The third-order valence-corrected chi connectivity index (χ3v) is 13.9. The van der Waals surface area contributed by atoms with Crippen LogP contribution in [-0.4, -0.2) is 92.6 Å². The first-order valence-electron chi connectivity index (χ1n) is 22.1. The van der Waals surface area contributed by atoms with Crippen LogP contribution in [0.2, 0.25) is 0 Å². The molecule has 62 heavy (non-hydrogen) atoms. The highest BCUT2D eigenvalue weighted by atomic mass is 16.5. The Bertz CT molecular complexity index is 2530. The van der Waals surface area contributed by atoms with Gasteiger partial charge in [0.05, 0.1) is 49.2 Å². The first-order chi connectivity index (χ1) is 29.9. The number of benzene rings is 3. The Labute approximate surface area is 361 Å². The zero-order valence-corrected chi connectivity index (χ0v) is 36.3. The van der Waals surface area contributed by atoms with E-state index in [9.17, 15) is 19.2 Å². The molecule has 14 nitrogen and oxygen atoms in total. The van der Waals surface area contributed by atoms with E-state index in [0.29, 0.717) is 11.8 Å². The number of imidazole rings is 2. The second kappa shape index (κ2) is 16.6. The number of aromatic amines is 2. The largest absolute Gasteiger partial charge is 0.453 e. The summed E-state index contributed by atoms with van der Waals surface area (Å²) in [6.07, 6.45) is 7.44. The maximum absolute atomic E-state index is 13.9. The van der Waals surface area contributed by atoms with Crippen LogP contribution in [0, 0.1) is 5.92 Å². The number of H-pyrrole nitrogens is 2. The molecule has 2 aliphatic carbocycles. The lowest BCUT2D eigenvalue weighted by molar-refractivity contribution is -0.137. The summed E-state index contributed by atoms with van der Waals surface area (Å²) in [5.74, 6) is 2.15. The third-order valence-electron chi connectivity index (χ3n) is 13.9. The number of rotatable bonds is 10. The van der Waals surface area contributed by atoms with Crippen molar-refractivity contribution < 1.29 is 28.7 Å². The molecule has 14 heteroatoms. The van der Waals surface area contributed by atoms with E-state index in [0.717, 1.165) is 65.2 Å². The maximum atomic E-state index is 13.9. The zero-order chi connectivity index (χ0) is 43.4. The van der Waals surface area contributed by atoms with Crippen molar-refractivity contribution in [2.45, 2.75) is 115 Å². The van der Waals surface area contributed by atoms with Crippen LogP contribution in [0.1, 0.15) is 119 Å². The molecule has 2 bridgehead atoms. The van der Waals surface area contributed by atoms with Crippen molar-refractivity contribution in [3.63, 3.8) is 0 Å². The Morgan fingerprint density at radius 1 is 0.742 bits per heavy atom. The molecule has 9 rings (SSSR count). The molecule has 2 aliphatic heterocycles. The minimum absolute atomic E-state index is 0.00564. The SMILES string of the molecule is COC(=O)NCC(=O)N1[C@@H](C)CC[C@H]1c1nc2ccc(-c3ccc(-c4ccc(-c5cnc([C@@H]6CC[C@H](C)N6C(=O)C(NC(=O)OC)C(C)C)[nH]5)cc4)c4c3C3CCC4C3)cc2[nH]1. The lowest BCUT2D eigenvalue weighted by Crippen LogP contribution is -2.52. The summed E-state index contributed by atoms with van der Waals surface area (Å²) in [5.41, 5.74) is 11.5. The smallest absolute Gasteiger partial charge is 0.407 e. The highest BCUT2D eigenvalue weighted by Crippen LogP contribution is 2.58. The maximum Gasteiger partial charge on any atom is 0.407 e. The second-order valence-corrected chi connectivity index (χ2v) is 17.9. The summed E-state index contributed by atoms with van der Waals surface area (Å²) in [4.78, 5) is 71.4. The Morgan fingerprint density at radius 3 is 2.02 bits per heavy atom. The van der Waals surface area contributed by atoms with E-state index in [1.54, 1.807) is 0 Å². The van der Waals surface area contributed by atoms with Gasteiger partial charge in [-0.25, -0.2) is 19.6 Å². The number of nitrogens with zero attached hydrogens (tertiary/aromatic N) is 4. The predicted molar refractivity (Wildman–Crippen MR) is 235 cm³/mol. The van der Waals surface area contributed by atoms with Crippen molar-refractivity contribution in [3.8, 4) is 33.5 Å². The molecule has 3 aromatic carbocycles. The topological polar surface area (TPSA) is 175 Å². The van der Waals surface area contributed by atoms with Crippen LogP contribution in [-0.2, 0) is 19.1 Å². The molecule has 5 aromatic rings. The van der Waals surface area contributed by atoms with E-state index in [1.807, 2.05) is 43.7 Å². The molecule has 2 saturated heterocycles. The van der Waals surface area contributed by atoms with E-state index in [4.69, 9.17) is 14.7 Å². The van der Waals surface area contributed by atoms with Crippen molar-refractivity contribution >= 4 is 35.0 Å². The standard InChI is InChI=1S/C48H56N8O6/c1-25(2)43(54-48(60)62-6)46(58)56-27(4)8-19-38(56)44-49-23-37(53-44)29-11-9-28(10-12-29)33-16-17-34(42-32-14-13-31(21-32)41(33)42)30-15-18-35-36(22-30)52-45(51-35)39-20-7-26(3)55(39)40(57)24-50-47(59)61-5/h9-12,15-18,22-23,25-27,31-32,38-39,43H,7-8,13-14,19-21,24H2,1-6H3,(H,49,53)(H,50,59)(H,51,52)(H,54,60)/t26-,27-,31?,32?,38-,39-,43?/m0/s1. The molecule has 4 amide bonds. The number of hydrogen-bond acceptors (Lipinski definition) is 8. The van der Waals surface area contributed by atoms with Crippen LogP contribution >= 0.6 is 0 Å². The summed E-state index contributed by atoms with van der Waals surface area (Å²) >= 11 is 0. The van der Waals surface area contributed by atoms with Crippen LogP contribution < -0.4 is 10.6 Å². The number of hydrogen-bond donors (Lipinski definition) is 4. The van der Waals surface area contributed by atoms with Crippen LogP contribution in [0.15, 0.2) is 60.8 Å². The monoisotopic (exact) mass is 840 g/mol. The molecule has 0 radical (unpaired) electrons. The van der Waals surface area contributed by atoms with Gasteiger partial charge in [0.15, 0.2) is 0 Å². The van der Waals surface area contributed by atoms with Gasteiger partial charge in [-0.15, -0.1) is 0 Å². The van der Waals surface area contributed by atoms with Gasteiger partial charge in [0.1, 0.15) is 24.2 Å². The van der Waals surface area contributed by atoms with E-state index < -0.39 is 18.2 Å². The highest BCUT2D eigenvalue weighted by molar-refractivity contribution is 5.88. The number of nitrogens with one attached hydrogen (secondary N) is 4. The molecule has 3 fully saturated rings. The summed E-state index contributed by atoms with van der Waals surface area (Å²) < 4.78 is 9.48. The summed E-state index contributed by atoms with van der Waals surface area (Å²) in [7, 11) is 2.59. The summed E-state index contributed by atoms with van der Waals surface area (Å²) in [6.45, 7) is 7.79. The average molecular weight is 841 g/mol. The molecular formula is C48H56N8O6. The van der Waals surface area contributed by atoms with E-state index in [-0.39, 0.29) is 48.4 Å². The number of likely N-dealkylation sites (tertiary alicyclic amines) is 2. The minimum Gasteiger partial charge on any atom is -0.453 e. The zero-order valence-electron chi connectivity index (χ0n) is 36.3. The van der Waals surface area contributed by atoms with Gasteiger partial charge < -0.3 is 39.9 Å². The molecule has 4 heterocycles. The number of ether oxygens (including phenoxy) is 2. The molecular weight excluding hydrogens is 785 g/mol. The summed E-state index contributed by atoms with van der Waals surface area (Å²) in [5, 5.41) is 5.27. The van der Waals surface area contributed by atoms with Gasteiger partial charge in [0.2, 0.25) is 11.8 Å². The lowest BCUT2D eigenvalue weighted by atomic mass is 9.81. The fraction of sp³-hybridized carbons (Fsp3) is 0.458. The van der Waals surface area contributed by atoms with Crippen LogP contribution in [0.25, 0.3) is 44.5 Å². The van der Waals surface area contributed by atoms with Gasteiger partial charge in [-0.1, -0.05) is 56.3 Å². The van der Waals surface area contributed by atoms with Crippen LogP contribution in [0.3, 0.4) is 0 Å². The highest BCUT2D eigenvalue weighted by Gasteiger charge is 2.43. The fourth-order valence-electron chi connectivity index (χ4n) is 10.8. The number of aromatic nitrogens is 4. The van der Waals surface area contributed by atoms with Gasteiger partial charge >= 0.3 is 12.2 Å². The molecule has 7 atom stereocenters. The minimum atomic E-state index is -0.700. The van der Waals surface area contributed by atoms with Gasteiger partial charge in [-0.3, -0.25) is 9.59 Å². The second-order valence-electron chi connectivity index (χ2n) is 17.9. The van der Waals surface area contributed by atoms with Gasteiger partial charge in [-0.05, 0) is 128 Å². The van der Waals surface area contributed by atoms with Gasteiger partial charge in [0.25, 0.3) is 0 Å². The van der Waals surface area contributed by atoms with Crippen molar-refractivity contribution in [2.75, 3.05) is 20.8 Å². The Morgan fingerprint density at radius 2 is 1.35 bits per heavy atom. The Hall–Kier alpha value is -6.18. The van der Waals surface area contributed by atoms with E-state index >= 15 is 0 Å². The lowest BCUT2D eigenvalue weighted by Gasteiger charge is -2.32. The molecule has 324 valence electrons. The van der Waals surface area contributed by atoms with E-state index in [1.165, 1.54) is 61.3 Å². The average Bonchev–Trinajstić information content (AvgIpc) is 4.15. The third kappa shape index (κ3) is 7.36. The molecule has 1 saturated carbocycles. The number of fused-ring (bicyclic) bond motifs is 6. The predicted octanol–water partition coefficient (Wildman–Crippen LogP) is 8.49.